The highest BCUT2D eigenvalue weighted by atomic mass is 35.5. The quantitative estimate of drug-likeness (QED) is 0.182. The van der Waals surface area contributed by atoms with Crippen LogP contribution >= 0.6 is 22.9 Å². The molecule has 0 bridgehead atoms. The Morgan fingerprint density at radius 2 is 1.84 bits per heavy atom. The highest BCUT2D eigenvalue weighted by Crippen LogP contribution is 2.38. The molecule has 2 N–H and O–H groups in total. The molecular weight excluding hydrogens is 601 g/mol. The zero-order valence-electron chi connectivity index (χ0n) is 23.5. The van der Waals surface area contributed by atoms with E-state index in [0.717, 1.165) is 5.39 Å². The van der Waals surface area contributed by atoms with Gasteiger partial charge in [0.15, 0.2) is 11.6 Å². The molecule has 1 amide bonds. The predicted octanol–water partition coefficient (Wildman–Crippen LogP) is 6.27. The van der Waals surface area contributed by atoms with Crippen molar-refractivity contribution in [2.24, 2.45) is 0 Å². The first-order chi connectivity index (χ1) is 20.6. The van der Waals surface area contributed by atoms with Crippen LogP contribution in [0.1, 0.15) is 20.8 Å². The fourth-order valence-electron chi connectivity index (χ4n) is 3.96. The molecule has 0 radical (unpaired) electrons. The van der Waals surface area contributed by atoms with Gasteiger partial charge in [-0.3, -0.25) is 10.3 Å². The number of fused-ring (bicyclic) bond motifs is 2. The monoisotopic (exact) mass is 627 g/mol. The first kappa shape index (κ1) is 30.1. The summed E-state index contributed by atoms with van der Waals surface area (Å²) >= 11 is 7.73. The minimum atomic E-state index is -0.771. The second-order valence-corrected chi connectivity index (χ2v) is 11.1. The summed E-state index contributed by atoms with van der Waals surface area (Å²) in [6, 6.07) is 8.32. The Morgan fingerprint density at radius 3 is 2.56 bits per heavy atom. The van der Waals surface area contributed by atoms with E-state index in [1.807, 2.05) is 6.07 Å². The maximum Gasteiger partial charge on any atom is 0.412 e. The van der Waals surface area contributed by atoms with Crippen LogP contribution in [0.3, 0.4) is 0 Å². The highest BCUT2D eigenvalue weighted by molar-refractivity contribution is 7.21. The topological polar surface area (TPSA) is 138 Å². The van der Waals surface area contributed by atoms with E-state index >= 15 is 4.39 Å². The van der Waals surface area contributed by atoms with Gasteiger partial charge in [0.05, 0.1) is 53.2 Å². The van der Waals surface area contributed by atoms with E-state index in [1.54, 1.807) is 52.3 Å². The van der Waals surface area contributed by atoms with Crippen molar-refractivity contribution in [3.63, 3.8) is 0 Å². The van der Waals surface area contributed by atoms with Gasteiger partial charge in [0.25, 0.3) is 0 Å². The van der Waals surface area contributed by atoms with Crippen LogP contribution < -0.4 is 19.5 Å². The molecule has 0 spiro atoms. The van der Waals surface area contributed by atoms with Crippen molar-refractivity contribution in [3.8, 4) is 28.1 Å². The van der Waals surface area contributed by atoms with Crippen molar-refractivity contribution in [2.45, 2.75) is 39.1 Å². The van der Waals surface area contributed by atoms with Gasteiger partial charge in [-0.25, -0.2) is 24.1 Å². The zero-order chi connectivity index (χ0) is 30.7. The standard InChI is InChI=1S/C29H27ClFN5O6S/c1-14(37)13-40-28-33-10-19(11-34-28)35-29(38)42-16(3)15(2)41-24-9-25-23(8-22(24)31)36-27(43-25)21-7-18(30)5-17-6-20(39-4)12-32-26(17)21/h5-12,14-16,37H,13H2,1-4H3,(H,35,38)/t14-,15-,16+/m0/s1. The molecule has 3 heterocycles. The molecule has 3 aromatic heterocycles. The third kappa shape index (κ3) is 7.19. The fourth-order valence-corrected chi connectivity index (χ4v) is 5.18. The van der Waals surface area contributed by atoms with Gasteiger partial charge in [0, 0.05) is 28.1 Å². The van der Waals surface area contributed by atoms with Crippen LogP contribution in [0.15, 0.2) is 48.9 Å². The molecule has 14 heteroatoms. The summed E-state index contributed by atoms with van der Waals surface area (Å²) < 4.78 is 37.5. The average Bonchev–Trinajstić information content (AvgIpc) is 3.38. The Kier molecular flexibility index (Phi) is 9.04. The molecule has 0 unspecified atom stereocenters. The number of nitrogens with one attached hydrogen (secondary N) is 1. The summed E-state index contributed by atoms with van der Waals surface area (Å²) in [6.45, 7) is 4.89. The number of hydrogen-bond acceptors (Lipinski definition) is 11. The van der Waals surface area contributed by atoms with Crippen LogP contribution in [0, 0.1) is 5.82 Å². The van der Waals surface area contributed by atoms with Crippen molar-refractivity contribution in [2.75, 3.05) is 19.0 Å². The van der Waals surface area contributed by atoms with E-state index < -0.39 is 30.2 Å². The van der Waals surface area contributed by atoms with Crippen LogP contribution in [-0.2, 0) is 4.74 Å². The number of aliphatic hydroxyl groups excluding tert-OH is 1. The number of aliphatic hydroxyl groups is 1. The number of nitrogens with zero attached hydrogens (tertiary/aromatic N) is 4. The molecule has 0 saturated carbocycles. The summed E-state index contributed by atoms with van der Waals surface area (Å²) in [4.78, 5) is 29.5. The van der Waals surface area contributed by atoms with Gasteiger partial charge in [-0.2, -0.15) is 0 Å². The summed E-state index contributed by atoms with van der Waals surface area (Å²) in [5.74, 6) is -0.0192. The summed E-state index contributed by atoms with van der Waals surface area (Å²) in [7, 11) is 1.56. The maximum absolute atomic E-state index is 15.1. The number of pyridine rings is 1. The van der Waals surface area contributed by atoms with Crippen molar-refractivity contribution in [1.29, 1.82) is 0 Å². The van der Waals surface area contributed by atoms with E-state index in [-0.39, 0.29) is 24.1 Å². The molecule has 5 aromatic rings. The van der Waals surface area contributed by atoms with Gasteiger partial charge in [-0.15, -0.1) is 11.3 Å². The highest BCUT2D eigenvalue weighted by Gasteiger charge is 2.22. The number of rotatable bonds is 10. The number of halogens is 2. The van der Waals surface area contributed by atoms with E-state index in [9.17, 15) is 9.90 Å². The third-order valence-corrected chi connectivity index (χ3v) is 7.50. The number of thiazole rings is 1. The molecule has 3 atom stereocenters. The first-order valence-corrected chi connectivity index (χ1v) is 14.3. The van der Waals surface area contributed by atoms with Crippen LogP contribution in [0.25, 0.3) is 31.7 Å². The molecule has 0 aliphatic heterocycles. The van der Waals surface area contributed by atoms with Crippen molar-refractivity contribution in [3.05, 3.63) is 59.8 Å². The van der Waals surface area contributed by atoms with Crippen LogP contribution in [0.4, 0.5) is 14.9 Å². The van der Waals surface area contributed by atoms with E-state index in [4.69, 9.17) is 30.5 Å². The zero-order valence-corrected chi connectivity index (χ0v) is 25.1. The summed E-state index contributed by atoms with van der Waals surface area (Å²) in [6.07, 6.45) is 1.40. The molecule has 11 nitrogen and oxygen atoms in total. The van der Waals surface area contributed by atoms with Crippen LogP contribution in [0.2, 0.25) is 5.02 Å². The smallest absolute Gasteiger partial charge is 0.412 e. The Balaban J connectivity index is 1.26. The normalized spacial score (nSPS) is 13.4. The lowest BCUT2D eigenvalue weighted by molar-refractivity contribution is 0.0402. The third-order valence-electron chi connectivity index (χ3n) is 6.23. The fraction of sp³-hybridized carbons (Fsp3) is 0.276. The number of anilines is 1. The number of amides is 1. The van der Waals surface area contributed by atoms with Gasteiger partial charge in [-0.1, -0.05) is 11.6 Å². The lowest BCUT2D eigenvalue weighted by atomic mass is 10.1. The minimum absolute atomic E-state index is 0.00828. The molecule has 2 aromatic carbocycles. The number of carbonyl (C=O) groups is 1. The first-order valence-electron chi connectivity index (χ1n) is 13.1. The second kappa shape index (κ2) is 12.9. The van der Waals surface area contributed by atoms with E-state index in [0.29, 0.717) is 37.1 Å². The molecular formula is C29H27ClFN5O6S. The number of methoxy groups -OCH3 is 1. The Labute approximate surface area is 254 Å². The van der Waals surface area contributed by atoms with Crippen LogP contribution in [-0.4, -0.2) is 63.2 Å². The van der Waals surface area contributed by atoms with Gasteiger partial charge in [0.2, 0.25) is 0 Å². The Morgan fingerprint density at radius 1 is 1.07 bits per heavy atom. The largest absolute Gasteiger partial charge is 0.495 e. The minimum Gasteiger partial charge on any atom is -0.495 e. The maximum atomic E-state index is 15.1. The summed E-state index contributed by atoms with van der Waals surface area (Å²) in [5.41, 5.74) is 2.12. The molecule has 5 rings (SSSR count). The van der Waals surface area contributed by atoms with Crippen molar-refractivity contribution in [1.82, 2.24) is 19.9 Å². The van der Waals surface area contributed by atoms with Gasteiger partial charge < -0.3 is 24.1 Å². The number of hydrogen-bond donors (Lipinski definition) is 2. The molecule has 0 aliphatic rings. The Hall–Kier alpha value is -4.33. The van der Waals surface area contributed by atoms with Crippen molar-refractivity contribution >= 4 is 55.8 Å². The van der Waals surface area contributed by atoms with Crippen LogP contribution in [0.5, 0.6) is 17.5 Å². The number of carbonyl (C=O) groups excluding carboxylic acids is 1. The molecule has 0 fully saturated rings. The second-order valence-electron chi connectivity index (χ2n) is 9.64. The lowest BCUT2D eigenvalue weighted by Crippen LogP contribution is -2.32. The average molecular weight is 628 g/mol. The number of benzene rings is 2. The predicted molar refractivity (Wildman–Crippen MR) is 161 cm³/mol. The van der Waals surface area contributed by atoms with Gasteiger partial charge in [0.1, 0.15) is 29.6 Å². The van der Waals surface area contributed by atoms with E-state index in [1.165, 1.54) is 29.8 Å². The van der Waals surface area contributed by atoms with Gasteiger partial charge in [-0.05, 0) is 39.0 Å². The SMILES string of the molecule is COc1cnc2c(-c3nc4cc(F)c(O[C@@H](C)[C@@H](C)OC(=O)Nc5cnc(OC[C@H](C)O)nc5)cc4s3)cc(Cl)cc2c1. The summed E-state index contributed by atoms with van der Waals surface area (Å²) in [5, 5.41) is 13.7. The van der Waals surface area contributed by atoms with Crippen molar-refractivity contribution < 1.29 is 33.2 Å². The number of ether oxygens (including phenoxy) is 4. The molecule has 224 valence electrons. The number of aromatic nitrogens is 4. The molecule has 43 heavy (non-hydrogen) atoms. The lowest BCUT2D eigenvalue weighted by Gasteiger charge is -2.22. The molecule has 0 saturated heterocycles. The molecule has 0 aliphatic carbocycles. The van der Waals surface area contributed by atoms with Gasteiger partial charge >= 0.3 is 12.1 Å². The van der Waals surface area contributed by atoms with E-state index in [2.05, 4.69) is 25.3 Å². The Bertz CT molecular complexity index is 1770.